The molecule has 1 aliphatic rings. The molecule has 4 atom stereocenters. The molecule has 2 aromatic rings. The number of nitrogens with one attached hydrogen (secondary N) is 1. The van der Waals surface area contributed by atoms with Crippen molar-refractivity contribution in [1.29, 1.82) is 0 Å². The van der Waals surface area contributed by atoms with Gasteiger partial charge in [-0.1, -0.05) is 13.0 Å². The molecular formula is C21H20F5N3O4. The zero-order valence-electron chi connectivity index (χ0n) is 18.6. The Kier molecular flexibility index (Phi) is 5.95. The predicted molar refractivity (Wildman–Crippen MR) is 106 cm³/mol. The van der Waals surface area contributed by atoms with Crippen molar-refractivity contribution in [2.45, 2.75) is 37.6 Å². The van der Waals surface area contributed by atoms with Crippen molar-refractivity contribution in [2.24, 2.45) is 11.7 Å². The molecule has 0 saturated carbocycles. The third-order valence-electron chi connectivity index (χ3n) is 5.79. The Bertz CT molecular complexity index is 1150. The topological polar surface area (TPSA) is 104 Å². The summed E-state index contributed by atoms with van der Waals surface area (Å²) in [4.78, 5) is 28.1. The van der Waals surface area contributed by atoms with Gasteiger partial charge in [0.2, 0.25) is 5.82 Å². The number of rotatable bonds is 5. The summed E-state index contributed by atoms with van der Waals surface area (Å²) in [6.07, 6.45) is -7.19. The van der Waals surface area contributed by atoms with Crippen molar-refractivity contribution >= 4 is 17.5 Å². The molecule has 12 heteroatoms. The van der Waals surface area contributed by atoms with Crippen molar-refractivity contribution < 1.29 is 42.4 Å². The summed E-state index contributed by atoms with van der Waals surface area (Å²) in [5.41, 5.74) is 1.60. The van der Waals surface area contributed by atoms with Crippen LogP contribution in [0.5, 0.6) is 5.75 Å². The molecule has 3 rings (SSSR count). The number of hydrogen-bond donors (Lipinski definition) is 2. The summed E-state index contributed by atoms with van der Waals surface area (Å²) in [5.74, 6) is -8.30. The number of carbonyl (C=O) groups is 2. The largest absolute Gasteiger partial charge is 0.493 e. The van der Waals surface area contributed by atoms with E-state index in [0.717, 1.165) is 32.2 Å². The van der Waals surface area contributed by atoms with E-state index in [0.29, 0.717) is 6.07 Å². The highest BCUT2D eigenvalue weighted by atomic mass is 19.4. The average Bonchev–Trinajstić information content (AvgIpc) is 3.01. The van der Waals surface area contributed by atoms with Gasteiger partial charge in [0.25, 0.3) is 11.8 Å². The number of ether oxygens (including phenoxy) is 2. The molecule has 2 heterocycles. The fourth-order valence-electron chi connectivity index (χ4n) is 3.84. The van der Waals surface area contributed by atoms with Gasteiger partial charge in [0.15, 0.2) is 17.2 Å². The van der Waals surface area contributed by atoms with Gasteiger partial charge in [-0.2, -0.15) is 17.6 Å². The van der Waals surface area contributed by atoms with E-state index < -0.39 is 65.1 Å². The number of primary amides is 1. The van der Waals surface area contributed by atoms with Gasteiger partial charge in [-0.25, -0.2) is 4.39 Å². The van der Waals surface area contributed by atoms with Crippen LogP contribution in [0.4, 0.5) is 27.6 Å². The smallest absolute Gasteiger partial charge is 0.417 e. The summed E-state index contributed by atoms with van der Waals surface area (Å²) in [6.45, 7) is 1.93. The average molecular weight is 474 g/mol. The molecule has 2 amide bonds. The molecule has 178 valence electrons. The maximum atomic E-state index is 14.4. The third-order valence-corrected chi connectivity index (χ3v) is 5.79. The van der Waals surface area contributed by atoms with Crippen LogP contribution in [0.3, 0.4) is 0 Å². The number of amides is 2. The second kappa shape index (κ2) is 8.58. The van der Waals surface area contributed by atoms with E-state index in [1.54, 1.807) is 0 Å². The Balaban J connectivity index is 2.09. The van der Waals surface area contributed by atoms with Crippen LogP contribution < -0.4 is 15.8 Å². The Morgan fingerprint density at radius 1 is 1.30 bits per heavy atom. The quantitative estimate of drug-likeness (QED) is 0.646. The number of hydrogen-bond acceptors (Lipinski definition) is 5. The number of nitrogens with two attached hydrogens (primary N) is 1. The zero-order chi connectivity index (χ0) is 25.6. The number of benzene rings is 1. The highest BCUT2D eigenvalue weighted by Crippen LogP contribution is 2.55. The molecular weight excluding hydrogens is 453 g/mol. The van der Waals surface area contributed by atoms with E-state index >= 15 is 0 Å². The SMILES string of the molecule is [2H]c1cc(NC(=O)C2OC(C)(C(F)(F)F)C(C)C2c2ccc(F)c(F)c2OC)cc(C(N)=O)n1. The first kappa shape index (κ1) is 22.9. The predicted octanol–water partition coefficient (Wildman–Crippen LogP) is 3.55. The fraction of sp³-hybridized carbons (Fsp3) is 0.381. The lowest BCUT2D eigenvalue weighted by atomic mass is 9.77. The molecule has 1 aliphatic heterocycles. The van der Waals surface area contributed by atoms with Crippen molar-refractivity contribution in [3.8, 4) is 5.75 Å². The number of halogens is 5. The van der Waals surface area contributed by atoms with Gasteiger partial charge >= 0.3 is 6.18 Å². The van der Waals surface area contributed by atoms with E-state index in [1.165, 1.54) is 6.92 Å². The molecule has 7 nitrogen and oxygen atoms in total. The van der Waals surface area contributed by atoms with Crippen molar-refractivity contribution in [3.63, 3.8) is 0 Å². The minimum Gasteiger partial charge on any atom is -0.493 e. The number of pyridine rings is 1. The summed E-state index contributed by atoms with van der Waals surface area (Å²) in [5, 5.41) is 2.29. The standard InChI is InChI=1S/C21H20F5N3O4/c1-9-14(11-4-5-12(22)15(23)16(11)32-3)17(33-20(9,2)21(24,25)26)19(31)29-10-6-7-28-13(8-10)18(27)30/h4-9,14,17H,1-3H3,(H2,27,30)(H,28,29,31)/i7D. The third kappa shape index (κ3) is 4.22. The number of aromatic nitrogens is 1. The molecule has 3 N–H and O–H groups in total. The monoisotopic (exact) mass is 474 g/mol. The van der Waals surface area contributed by atoms with E-state index in [9.17, 15) is 31.5 Å². The molecule has 1 aromatic heterocycles. The maximum absolute atomic E-state index is 14.4. The summed E-state index contributed by atoms with van der Waals surface area (Å²) in [6, 6.07) is 3.82. The molecule has 1 saturated heterocycles. The minimum absolute atomic E-state index is 0.147. The number of alkyl halides is 3. The Morgan fingerprint density at radius 2 is 1.97 bits per heavy atom. The second-order valence-electron chi connectivity index (χ2n) is 7.67. The van der Waals surface area contributed by atoms with Crippen molar-refractivity contribution in [1.82, 2.24) is 4.98 Å². The van der Waals surface area contributed by atoms with Crippen LogP contribution in [-0.4, -0.2) is 41.8 Å². The molecule has 1 fully saturated rings. The van der Waals surface area contributed by atoms with Crippen LogP contribution in [0.2, 0.25) is 0 Å². The van der Waals surface area contributed by atoms with E-state index in [2.05, 4.69) is 10.3 Å². The molecule has 0 aliphatic carbocycles. The number of carbonyl (C=O) groups excluding carboxylic acids is 2. The second-order valence-corrected chi connectivity index (χ2v) is 7.67. The highest BCUT2D eigenvalue weighted by molar-refractivity contribution is 5.97. The normalized spacial score (nSPS) is 25.5. The van der Waals surface area contributed by atoms with Gasteiger partial charge in [0.1, 0.15) is 11.8 Å². The number of nitrogens with zero attached hydrogens (tertiary/aromatic N) is 1. The fourth-order valence-corrected chi connectivity index (χ4v) is 3.84. The molecule has 1 aromatic carbocycles. The molecule has 33 heavy (non-hydrogen) atoms. The number of methoxy groups -OCH3 is 1. The van der Waals surface area contributed by atoms with Crippen LogP contribution in [0.15, 0.2) is 30.4 Å². The van der Waals surface area contributed by atoms with Crippen molar-refractivity contribution in [2.75, 3.05) is 12.4 Å². The van der Waals surface area contributed by atoms with Gasteiger partial charge in [-0.3, -0.25) is 14.6 Å². The molecule has 0 radical (unpaired) electrons. The minimum atomic E-state index is -4.92. The first-order valence-electron chi connectivity index (χ1n) is 10.1. The van der Waals surface area contributed by atoms with Crippen LogP contribution in [0, 0.1) is 17.6 Å². The van der Waals surface area contributed by atoms with Gasteiger partial charge in [0, 0.05) is 29.3 Å². The van der Waals surface area contributed by atoms with Crippen LogP contribution >= 0.6 is 0 Å². The summed E-state index contributed by atoms with van der Waals surface area (Å²) >= 11 is 0. The first-order chi connectivity index (χ1) is 15.7. The lowest BCUT2D eigenvalue weighted by Gasteiger charge is -2.32. The van der Waals surface area contributed by atoms with Crippen LogP contribution in [0.25, 0.3) is 0 Å². The van der Waals surface area contributed by atoms with Gasteiger partial charge in [0.05, 0.1) is 8.48 Å². The van der Waals surface area contributed by atoms with Crippen LogP contribution in [0.1, 0.15) is 37.2 Å². The number of anilines is 1. The highest BCUT2D eigenvalue weighted by Gasteiger charge is 2.65. The zero-order valence-corrected chi connectivity index (χ0v) is 17.6. The Labute approximate surface area is 186 Å². The van der Waals surface area contributed by atoms with Crippen molar-refractivity contribution in [3.05, 3.63) is 53.3 Å². The lowest BCUT2D eigenvalue weighted by molar-refractivity contribution is -0.272. The Morgan fingerprint density at radius 3 is 2.55 bits per heavy atom. The van der Waals surface area contributed by atoms with Crippen LogP contribution in [-0.2, 0) is 9.53 Å². The summed E-state index contributed by atoms with van der Waals surface area (Å²) in [7, 11) is 1.01. The van der Waals surface area contributed by atoms with Gasteiger partial charge < -0.3 is 20.5 Å². The van der Waals surface area contributed by atoms with E-state index in [4.69, 9.17) is 16.6 Å². The molecule has 0 bridgehead atoms. The van der Waals surface area contributed by atoms with Gasteiger partial charge in [-0.05, 0) is 25.1 Å². The Hall–Kier alpha value is -3.28. The van der Waals surface area contributed by atoms with Gasteiger partial charge in [-0.15, -0.1) is 0 Å². The lowest BCUT2D eigenvalue weighted by Crippen LogP contribution is -2.47. The summed E-state index contributed by atoms with van der Waals surface area (Å²) < 4.78 is 87.8. The van der Waals surface area contributed by atoms with E-state index in [1.807, 2.05) is 0 Å². The molecule has 4 unspecified atom stereocenters. The first-order valence-corrected chi connectivity index (χ1v) is 9.57. The molecule has 0 spiro atoms. The maximum Gasteiger partial charge on any atom is 0.417 e. The van der Waals surface area contributed by atoms with E-state index in [-0.39, 0.29) is 16.9 Å².